The maximum Gasteiger partial charge on any atom is 0.123 e. The molecule has 3 nitrogen and oxygen atoms in total. The van der Waals surface area contributed by atoms with Gasteiger partial charge in [-0.15, -0.1) is 18.2 Å². The third-order valence-electron chi connectivity index (χ3n) is 8.24. The zero-order valence-corrected chi connectivity index (χ0v) is 32.4. The minimum atomic E-state index is -2.34. The molecule has 5 heteroatoms. The van der Waals surface area contributed by atoms with E-state index in [1.807, 2.05) is 74.6 Å². The average Bonchev–Trinajstić information content (AvgIpc) is 3.49. The van der Waals surface area contributed by atoms with E-state index in [4.69, 9.17) is 14.0 Å². The van der Waals surface area contributed by atoms with Crippen molar-refractivity contribution in [1.82, 2.24) is 9.97 Å². The molecule has 48 heavy (non-hydrogen) atoms. The van der Waals surface area contributed by atoms with Crippen molar-refractivity contribution in [3.63, 3.8) is 0 Å². The first kappa shape index (κ1) is 27.0. The Bertz CT molecular complexity index is 2450. The van der Waals surface area contributed by atoms with Crippen LogP contribution in [0.5, 0.6) is 0 Å². The second-order valence-electron chi connectivity index (χ2n) is 13.0. The Morgan fingerprint density at radius 2 is 1.60 bits per heavy atom. The summed E-state index contributed by atoms with van der Waals surface area (Å²) in [6.45, 7) is 1.35. The molecule has 0 aliphatic heterocycles. The molecule has 0 saturated heterocycles. The number of aromatic nitrogens is 2. The van der Waals surface area contributed by atoms with Gasteiger partial charge in [0.1, 0.15) is 5.58 Å². The topological polar surface area (TPSA) is 38.9 Å². The molecule has 4 aromatic carbocycles. The van der Waals surface area contributed by atoms with E-state index >= 15 is 0 Å². The van der Waals surface area contributed by atoms with Crippen LogP contribution < -0.4 is 4.40 Å². The zero-order chi connectivity index (χ0) is 39.2. The summed E-state index contributed by atoms with van der Waals surface area (Å²) in [6, 6.07) is 34.1. The number of pyridine rings is 2. The molecule has 0 saturated carbocycles. The number of hydrogen-bond donors (Lipinski definition) is 0. The average molecular weight is 875 g/mol. The van der Waals surface area contributed by atoms with Crippen molar-refractivity contribution in [3.8, 4) is 33.6 Å². The van der Waals surface area contributed by atoms with Crippen molar-refractivity contribution in [2.75, 3.05) is 0 Å². The fourth-order valence-electron chi connectivity index (χ4n) is 5.78. The van der Waals surface area contributed by atoms with Gasteiger partial charge in [0.15, 0.2) is 0 Å². The molecule has 3 aromatic heterocycles. The number of rotatable bonds is 5. The van der Waals surface area contributed by atoms with Gasteiger partial charge < -0.3 is 9.40 Å². The Hall–Kier alpha value is -3.83. The molecular weight excluding hydrogens is 825 g/mol. The quantitative estimate of drug-likeness (QED) is 0.128. The summed E-state index contributed by atoms with van der Waals surface area (Å²) >= 11 is -1.89. The molecule has 0 unspecified atom stereocenters. The standard InChI is InChI=1S/C27H22NO.C16H20GeN.Ir/c1-17(2)20-12-13-28-25(16-20)23-11-7-10-22-24-15-21(19-8-5-4-6-9-19)14-18(3)26(24)29-27(22)23;1-12-6-8-14(9-7-12)16-10-13(2)15(11-18-16)17(3,4)5;/h4-10,12-17H,1-3H3;6-8,10-11H,1-5H3;/q2*-1;/i3D3,17D;1D3;. The van der Waals surface area contributed by atoms with Crippen molar-refractivity contribution < 1.29 is 34.1 Å². The molecule has 0 N–H and O–H groups in total. The van der Waals surface area contributed by atoms with Crippen LogP contribution in [-0.4, -0.2) is 23.2 Å². The van der Waals surface area contributed by atoms with Crippen LogP contribution in [0.25, 0.3) is 55.6 Å². The van der Waals surface area contributed by atoms with Gasteiger partial charge >= 0.3 is 117 Å². The Morgan fingerprint density at radius 3 is 2.27 bits per heavy atom. The van der Waals surface area contributed by atoms with Gasteiger partial charge in [-0.2, -0.15) is 0 Å². The number of benzene rings is 4. The monoisotopic (exact) mass is 876 g/mol. The third kappa shape index (κ3) is 7.57. The maximum atomic E-state index is 8.36. The predicted octanol–water partition coefficient (Wildman–Crippen LogP) is 11.3. The summed E-state index contributed by atoms with van der Waals surface area (Å²) in [5, 5.41) is 1.55. The number of aryl methyl sites for hydroxylation is 3. The largest absolute Gasteiger partial charge is 0.500 e. The van der Waals surface area contributed by atoms with Crippen LogP contribution in [-0.2, 0) is 20.1 Å². The second-order valence-corrected chi connectivity index (χ2v) is 23.6. The van der Waals surface area contributed by atoms with Crippen molar-refractivity contribution in [2.24, 2.45) is 0 Å². The van der Waals surface area contributed by atoms with Crippen molar-refractivity contribution in [3.05, 3.63) is 138 Å². The van der Waals surface area contributed by atoms with Crippen molar-refractivity contribution in [1.29, 1.82) is 0 Å². The Morgan fingerprint density at radius 1 is 0.792 bits per heavy atom. The van der Waals surface area contributed by atoms with E-state index in [1.54, 1.807) is 30.5 Å². The van der Waals surface area contributed by atoms with Crippen LogP contribution in [0.4, 0.5) is 0 Å². The minimum Gasteiger partial charge on any atom is -0.500 e. The van der Waals surface area contributed by atoms with Gasteiger partial charge in [-0.1, -0.05) is 66.8 Å². The van der Waals surface area contributed by atoms with Crippen LogP contribution in [0.1, 0.15) is 51.6 Å². The maximum absolute atomic E-state index is 8.36. The molecule has 0 fully saturated rings. The van der Waals surface area contributed by atoms with Gasteiger partial charge in [0.25, 0.3) is 0 Å². The Kier molecular flexibility index (Phi) is 8.31. The van der Waals surface area contributed by atoms with E-state index in [-0.39, 0.29) is 25.7 Å². The van der Waals surface area contributed by atoms with Gasteiger partial charge in [-0.25, -0.2) is 0 Å². The first-order valence-corrected chi connectivity index (χ1v) is 23.0. The summed E-state index contributed by atoms with van der Waals surface area (Å²) in [5.74, 6) is 6.27. The molecule has 0 atom stereocenters. The minimum absolute atomic E-state index is 0. The molecule has 0 aliphatic rings. The number of hydrogen-bond acceptors (Lipinski definition) is 3. The summed E-state index contributed by atoms with van der Waals surface area (Å²) in [6.07, 6.45) is 3.66. The van der Waals surface area contributed by atoms with Crippen LogP contribution in [0.2, 0.25) is 17.3 Å². The third-order valence-corrected chi connectivity index (χ3v) is 12.7. The van der Waals surface area contributed by atoms with E-state index in [1.165, 1.54) is 16.0 Å². The molecule has 7 aromatic rings. The second kappa shape index (κ2) is 14.7. The van der Waals surface area contributed by atoms with Gasteiger partial charge in [0.2, 0.25) is 0 Å². The fraction of sp³-hybridized carbons (Fsp3) is 0.209. The fourth-order valence-corrected chi connectivity index (χ4v) is 9.36. The van der Waals surface area contributed by atoms with E-state index in [9.17, 15) is 0 Å². The van der Waals surface area contributed by atoms with E-state index in [0.29, 0.717) is 28.0 Å². The summed E-state index contributed by atoms with van der Waals surface area (Å²) in [7, 11) is 0. The van der Waals surface area contributed by atoms with E-state index in [0.717, 1.165) is 38.7 Å². The number of fused-ring (bicyclic) bond motifs is 3. The van der Waals surface area contributed by atoms with Crippen LogP contribution in [0.3, 0.4) is 0 Å². The van der Waals surface area contributed by atoms with Crippen LogP contribution in [0, 0.1) is 32.8 Å². The number of furan rings is 1. The molecule has 0 bridgehead atoms. The van der Waals surface area contributed by atoms with Gasteiger partial charge in [0.05, 0.1) is 5.58 Å². The summed E-state index contributed by atoms with van der Waals surface area (Å²) in [4.78, 5) is 9.04. The number of nitrogens with zero attached hydrogens (tertiary/aromatic N) is 2. The van der Waals surface area contributed by atoms with Crippen LogP contribution in [0.15, 0.2) is 108 Å². The van der Waals surface area contributed by atoms with E-state index < -0.39 is 32.9 Å². The van der Waals surface area contributed by atoms with Gasteiger partial charge in [-0.3, -0.25) is 0 Å². The predicted molar refractivity (Wildman–Crippen MR) is 201 cm³/mol. The van der Waals surface area contributed by atoms with Crippen molar-refractivity contribution in [2.45, 2.75) is 57.6 Å². The molecular formula is C43H42GeIrN2O-2. The smallest absolute Gasteiger partial charge is 0.123 e. The Labute approximate surface area is 311 Å². The summed E-state index contributed by atoms with van der Waals surface area (Å²) < 4.78 is 62.5. The molecule has 7 rings (SSSR count). The normalized spacial score (nSPS) is 14.2. The van der Waals surface area contributed by atoms with Crippen molar-refractivity contribution >= 4 is 39.6 Å². The first-order chi connectivity index (χ1) is 25.2. The molecule has 0 aliphatic carbocycles. The Balaban J connectivity index is 0.000000229. The van der Waals surface area contributed by atoms with E-state index in [2.05, 4.69) is 52.4 Å². The molecule has 3 heterocycles. The molecule has 1 radical (unpaired) electrons. The molecule has 245 valence electrons. The zero-order valence-electron chi connectivity index (χ0n) is 35.0. The van der Waals surface area contributed by atoms with Gasteiger partial charge in [0, 0.05) is 37.2 Å². The summed E-state index contributed by atoms with van der Waals surface area (Å²) in [5.41, 5.74) is 8.18. The van der Waals surface area contributed by atoms with Crippen LogP contribution >= 0.6 is 0 Å². The SMILES string of the molecule is [2H]C([2H])([2H])c1c[c-]c(-c2cc(C)[c]([Ge]([CH3])([CH3])[CH3])cn2)cc1.[2H]C([2H])([2H])c1cc(-c2ccccc2)cc2c1oc1c(-c3cc(C([2H])(C)C)ccn3)[c-]ccc12.[Ir]. The first-order valence-electron chi connectivity index (χ1n) is 19.2. The molecule has 0 spiro atoms. The molecule has 0 amide bonds. The van der Waals surface area contributed by atoms with Gasteiger partial charge in [-0.05, 0) is 53.3 Å².